The second-order valence-electron chi connectivity index (χ2n) is 6.04. The Balaban J connectivity index is 1.45. The van der Waals surface area contributed by atoms with Gasteiger partial charge in [-0.15, -0.1) is 0 Å². The normalized spacial score (nSPS) is 14.9. The van der Waals surface area contributed by atoms with Crippen LogP contribution in [-0.4, -0.2) is 62.8 Å². The fourth-order valence-corrected chi connectivity index (χ4v) is 4.05. The van der Waals surface area contributed by atoms with Gasteiger partial charge in [0.15, 0.2) is 9.84 Å². The zero-order valence-corrected chi connectivity index (χ0v) is 15.2. The van der Waals surface area contributed by atoms with Crippen molar-refractivity contribution in [3.63, 3.8) is 0 Å². The van der Waals surface area contributed by atoms with Crippen molar-refractivity contribution < 1.29 is 13.2 Å². The Hall–Kier alpha value is -2.61. The van der Waals surface area contributed by atoms with E-state index in [0.29, 0.717) is 13.1 Å². The number of piperazine rings is 1. The van der Waals surface area contributed by atoms with Crippen LogP contribution in [0.4, 0.5) is 10.5 Å². The van der Waals surface area contributed by atoms with Crippen molar-refractivity contribution in [3.8, 4) is 0 Å². The highest BCUT2D eigenvalue weighted by Gasteiger charge is 2.21. The monoisotopic (exact) mass is 374 g/mol. The van der Waals surface area contributed by atoms with E-state index in [9.17, 15) is 13.2 Å². The molecule has 0 aliphatic carbocycles. The van der Waals surface area contributed by atoms with Crippen LogP contribution in [0.15, 0.2) is 59.8 Å². The number of carbonyl (C=O) groups is 1. The van der Waals surface area contributed by atoms with Gasteiger partial charge in [0.05, 0.1) is 10.6 Å². The van der Waals surface area contributed by atoms with E-state index in [2.05, 4.69) is 15.2 Å². The first-order valence-corrected chi connectivity index (χ1v) is 10.2. The third-order valence-electron chi connectivity index (χ3n) is 4.34. The standard InChI is InChI=1S/C18H22N4O3S/c23-18(20-10-15-26(24,25)17-4-2-1-3-5-17)22-13-11-21(12-14-22)16-6-8-19-9-7-16/h1-9H,10-15H2,(H,20,23). The van der Waals surface area contributed by atoms with Gasteiger partial charge in [-0.3, -0.25) is 4.98 Å². The van der Waals surface area contributed by atoms with Crippen LogP contribution in [0.2, 0.25) is 0 Å². The quantitative estimate of drug-likeness (QED) is 0.855. The van der Waals surface area contributed by atoms with E-state index >= 15 is 0 Å². The second-order valence-corrected chi connectivity index (χ2v) is 8.15. The van der Waals surface area contributed by atoms with Gasteiger partial charge < -0.3 is 15.1 Å². The molecular weight excluding hydrogens is 352 g/mol. The number of aromatic nitrogens is 1. The van der Waals surface area contributed by atoms with Crippen molar-refractivity contribution >= 4 is 21.6 Å². The molecule has 1 fully saturated rings. The van der Waals surface area contributed by atoms with Crippen molar-refractivity contribution in [3.05, 3.63) is 54.9 Å². The highest BCUT2D eigenvalue weighted by molar-refractivity contribution is 7.91. The van der Waals surface area contributed by atoms with E-state index in [0.717, 1.165) is 18.8 Å². The molecule has 1 N–H and O–H groups in total. The number of amides is 2. The zero-order chi connectivity index (χ0) is 18.4. The molecule has 1 aromatic heterocycles. The number of benzene rings is 1. The van der Waals surface area contributed by atoms with Crippen LogP contribution in [0.3, 0.4) is 0 Å². The van der Waals surface area contributed by atoms with Gasteiger partial charge in [-0.25, -0.2) is 13.2 Å². The topological polar surface area (TPSA) is 82.6 Å². The van der Waals surface area contributed by atoms with Crippen LogP contribution in [0.25, 0.3) is 0 Å². The number of carbonyl (C=O) groups excluding carboxylic acids is 1. The molecule has 0 saturated carbocycles. The lowest BCUT2D eigenvalue weighted by molar-refractivity contribution is 0.195. The number of hydrogen-bond donors (Lipinski definition) is 1. The summed E-state index contributed by atoms with van der Waals surface area (Å²) in [5.41, 5.74) is 1.09. The van der Waals surface area contributed by atoms with Gasteiger partial charge >= 0.3 is 6.03 Å². The molecule has 7 nitrogen and oxygen atoms in total. The molecule has 3 rings (SSSR count). The van der Waals surface area contributed by atoms with E-state index < -0.39 is 9.84 Å². The maximum atomic E-state index is 12.3. The Bertz CT molecular complexity index is 820. The number of rotatable bonds is 5. The number of hydrogen-bond acceptors (Lipinski definition) is 5. The van der Waals surface area contributed by atoms with Crippen molar-refractivity contribution in [2.24, 2.45) is 0 Å². The summed E-state index contributed by atoms with van der Waals surface area (Å²) in [7, 11) is -3.38. The first kappa shape index (κ1) is 18.2. The fourth-order valence-electron chi connectivity index (χ4n) is 2.87. The smallest absolute Gasteiger partial charge is 0.317 e. The van der Waals surface area contributed by atoms with Gasteiger partial charge in [0.1, 0.15) is 0 Å². The summed E-state index contributed by atoms with van der Waals surface area (Å²) in [6.45, 7) is 2.76. The third kappa shape index (κ3) is 4.51. The van der Waals surface area contributed by atoms with Crippen LogP contribution in [0, 0.1) is 0 Å². The predicted octanol–water partition coefficient (Wildman–Crippen LogP) is 1.39. The van der Waals surface area contributed by atoms with Crippen LogP contribution < -0.4 is 10.2 Å². The lowest BCUT2D eigenvalue weighted by Gasteiger charge is -2.36. The summed E-state index contributed by atoms with van der Waals surface area (Å²) in [4.78, 5) is 20.5. The van der Waals surface area contributed by atoms with E-state index in [4.69, 9.17) is 0 Å². The van der Waals surface area contributed by atoms with E-state index in [1.54, 1.807) is 47.6 Å². The number of pyridine rings is 1. The van der Waals surface area contributed by atoms with Crippen LogP contribution in [0.1, 0.15) is 0 Å². The van der Waals surface area contributed by atoms with Gasteiger partial charge in [-0.2, -0.15) is 0 Å². The Morgan fingerprint density at radius 2 is 1.65 bits per heavy atom. The number of nitrogens with one attached hydrogen (secondary N) is 1. The lowest BCUT2D eigenvalue weighted by Crippen LogP contribution is -2.52. The van der Waals surface area contributed by atoms with Crippen molar-refractivity contribution in [1.82, 2.24) is 15.2 Å². The molecule has 0 spiro atoms. The fraction of sp³-hybridized carbons (Fsp3) is 0.333. The van der Waals surface area contributed by atoms with Gasteiger partial charge in [0, 0.05) is 50.8 Å². The minimum Gasteiger partial charge on any atom is -0.368 e. The molecule has 0 atom stereocenters. The highest BCUT2D eigenvalue weighted by Crippen LogP contribution is 2.14. The zero-order valence-electron chi connectivity index (χ0n) is 14.4. The molecule has 8 heteroatoms. The molecule has 138 valence electrons. The Morgan fingerprint density at radius 1 is 1.00 bits per heavy atom. The predicted molar refractivity (Wildman–Crippen MR) is 99.9 cm³/mol. The summed E-state index contributed by atoms with van der Waals surface area (Å²) in [6.07, 6.45) is 3.50. The molecule has 0 radical (unpaired) electrons. The number of nitrogens with zero attached hydrogens (tertiary/aromatic N) is 3. The average molecular weight is 374 g/mol. The molecule has 1 aromatic carbocycles. The van der Waals surface area contributed by atoms with Gasteiger partial charge in [-0.05, 0) is 24.3 Å². The first-order valence-electron chi connectivity index (χ1n) is 8.52. The SMILES string of the molecule is O=C(NCCS(=O)(=O)c1ccccc1)N1CCN(c2ccncc2)CC1. The van der Waals surface area contributed by atoms with Crippen LogP contribution in [-0.2, 0) is 9.84 Å². The lowest BCUT2D eigenvalue weighted by atomic mass is 10.3. The summed E-state index contributed by atoms with van der Waals surface area (Å²) in [5.74, 6) is -0.111. The molecule has 2 heterocycles. The Morgan fingerprint density at radius 3 is 2.31 bits per heavy atom. The molecule has 0 bridgehead atoms. The van der Waals surface area contributed by atoms with Gasteiger partial charge in [-0.1, -0.05) is 18.2 Å². The Labute approximate surface area is 153 Å². The largest absolute Gasteiger partial charge is 0.368 e. The maximum Gasteiger partial charge on any atom is 0.317 e. The maximum absolute atomic E-state index is 12.3. The van der Waals surface area contributed by atoms with E-state index in [1.807, 2.05) is 12.1 Å². The summed E-state index contributed by atoms with van der Waals surface area (Å²) < 4.78 is 24.4. The van der Waals surface area contributed by atoms with Gasteiger partial charge in [0.25, 0.3) is 0 Å². The molecule has 1 aliphatic rings. The molecule has 2 aromatic rings. The second kappa shape index (κ2) is 8.18. The number of urea groups is 1. The average Bonchev–Trinajstić information content (AvgIpc) is 2.69. The molecule has 1 saturated heterocycles. The van der Waals surface area contributed by atoms with Crippen LogP contribution >= 0.6 is 0 Å². The summed E-state index contributed by atoms with van der Waals surface area (Å²) >= 11 is 0. The van der Waals surface area contributed by atoms with E-state index in [1.165, 1.54) is 0 Å². The molecule has 0 unspecified atom stereocenters. The minimum absolute atomic E-state index is 0.0978. The van der Waals surface area contributed by atoms with E-state index in [-0.39, 0.29) is 23.2 Å². The summed E-state index contributed by atoms with van der Waals surface area (Å²) in [5, 5.41) is 2.71. The van der Waals surface area contributed by atoms with Gasteiger partial charge in [0.2, 0.25) is 0 Å². The van der Waals surface area contributed by atoms with Crippen LogP contribution in [0.5, 0.6) is 0 Å². The van der Waals surface area contributed by atoms with Crippen molar-refractivity contribution in [1.29, 1.82) is 0 Å². The molecular formula is C18H22N4O3S. The van der Waals surface area contributed by atoms with Crippen molar-refractivity contribution in [2.75, 3.05) is 43.4 Å². The summed E-state index contributed by atoms with van der Waals surface area (Å²) in [6, 6.07) is 12.0. The number of anilines is 1. The number of sulfone groups is 1. The Kier molecular flexibility index (Phi) is 5.72. The third-order valence-corrected chi connectivity index (χ3v) is 6.08. The highest BCUT2D eigenvalue weighted by atomic mass is 32.2. The molecule has 26 heavy (non-hydrogen) atoms. The minimum atomic E-state index is -3.38. The first-order chi connectivity index (χ1) is 12.6. The molecule has 2 amide bonds. The molecule has 1 aliphatic heterocycles. The van der Waals surface area contributed by atoms with Crippen molar-refractivity contribution in [2.45, 2.75) is 4.90 Å².